The fraction of sp³-hybridized carbons (Fsp3) is 0.538. The molecule has 0 spiro atoms. The number of aromatic nitrogens is 1. The summed E-state index contributed by atoms with van der Waals surface area (Å²) < 4.78 is 27.0. The smallest absolute Gasteiger partial charge is 0.337 e. The van der Waals surface area contributed by atoms with Crippen LogP contribution in [0.5, 0.6) is 0 Å². The van der Waals surface area contributed by atoms with Crippen molar-refractivity contribution in [2.24, 2.45) is 5.92 Å². The third-order valence-electron chi connectivity index (χ3n) is 3.39. The van der Waals surface area contributed by atoms with E-state index in [1.165, 1.54) is 25.0 Å². The number of pyridine rings is 1. The Morgan fingerprint density at radius 1 is 1.50 bits per heavy atom. The Hall–Kier alpha value is -1.47. The summed E-state index contributed by atoms with van der Waals surface area (Å²) in [5, 5.41) is 8.62. The van der Waals surface area contributed by atoms with E-state index in [1.807, 2.05) is 6.92 Å². The second-order valence-corrected chi connectivity index (χ2v) is 6.76. The molecule has 0 aliphatic heterocycles. The zero-order valence-electron chi connectivity index (χ0n) is 11.2. The van der Waals surface area contributed by atoms with Crippen molar-refractivity contribution < 1.29 is 18.3 Å². The normalized spacial score (nSPS) is 16.9. The van der Waals surface area contributed by atoms with Crippen LogP contribution in [0.1, 0.15) is 43.0 Å². The first-order valence-electron chi connectivity index (χ1n) is 6.64. The van der Waals surface area contributed by atoms with Crippen LogP contribution in [0.25, 0.3) is 0 Å². The van der Waals surface area contributed by atoms with Gasteiger partial charge in [-0.2, -0.15) is 0 Å². The van der Waals surface area contributed by atoms with Crippen molar-refractivity contribution in [2.75, 3.05) is 0 Å². The van der Waals surface area contributed by atoms with Crippen LogP contribution in [0.15, 0.2) is 23.4 Å². The molecule has 1 fully saturated rings. The van der Waals surface area contributed by atoms with Crippen LogP contribution in [-0.4, -0.2) is 30.5 Å². The maximum Gasteiger partial charge on any atom is 0.337 e. The van der Waals surface area contributed by atoms with Gasteiger partial charge in [0.15, 0.2) is 5.03 Å². The molecule has 1 aliphatic rings. The van der Waals surface area contributed by atoms with Gasteiger partial charge in [-0.05, 0) is 30.9 Å². The average Bonchev–Trinajstić information content (AvgIpc) is 3.21. The summed E-state index contributed by atoms with van der Waals surface area (Å²) in [6, 6.07) is 2.37. The Labute approximate surface area is 118 Å². The maximum absolute atomic E-state index is 12.2. The summed E-state index contributed by atoms with van der Waals surface area (Å²) in [4.78, 5) is 14.4. The second-order valence-electron chi connectivity index (χ2n) is 5.10. The van der Waals surface area contributed by atoms with Gasteiger partial charge in [-0.25, -0.2) is 22.9 Å². The van der Waals surface area contributed by atoms with E-state index in [0.717, 1.165) is 19.0 Å². The molecule has 110 valence electrons. The summed E-state index contributed by atoms with van der Waals surface area (Å²) in [6.07, 6.45) is 4.97. The molecule has 1 unspecified atom stereocenters. The van der Waals surface area contributed by atoms with E-state index in [0.29, 0.717) is 5.92 Å². The number of aromatic carboxylic acids is 1. The number of sulfonamides is 1. The molecule has 0 amide bonds. The van der Waals surface area contributed by atoms with Crippen LogP contribution < -0.4 is 4.72 Å². The van der Waals surface area contributed by atoms with Crippen molar-refractivity contribution in [2.45, 2.75) is 43.7 Å². The van der Waals surface area contributed by atoms with Gasteiger partial charge in [0.1, 0.15) is 0 Å². The molecule has 1 atom stereocenters. The Morgan fingerprint density at radius 3 is 2.65 bits per heavy atom. The summed E-state index contributed by atoms with van der Waals surface area (Å²) in [5.41, 5.74) is -0.0334. The summed E-state index contributed by atoms with van der Waals surface area (Å²) in [7, 11) is -3.69. The highest BCUT2D eigenvalue weighted by Gasteiger charge is 2.28. The molecule has 0 saturated heterocycles. The molecule has 1 aliphatic carbocycles. The Bertz CT molecular complexity index is 579. The first-order chi connectivity index (χ1) is 9.42. The van der Waals surface area contributed by atoms with Crippen LogP contribution in [0.4, 0.5) is 0 Å². The molecule has 1 saturated carbocycles. The van der Waals surface area contributed by atoms with Gasteiger partial charge in [0.2, 0.25) is 0 Å². The first-order valence-corrected chi connectivity index (χ1v) is 8.12. The molecule has 20 heavy (non-hydrogen) atoms. The Kier molecular flexibility index (Phi) is 4.39. The molecule has 1 heterocycles. The SMILES string of the molecule is CCC(CC1CC1)NS(=O)(=O)c1ccc(C(=O)O)cn1. The van der Waals surface area contributed by atoms with Crippen molar-refractivity contribution in [3.05, 3.63) is 23.9 Å². The Morgan fingerprint density at radius 2 is 2.20 bits per heavy atom. The minimum absolute atomic E-state index is 0.0334. The van der Waals surface area contributed by atoms with E-state index >= 15 is 0 Å². The van der Waals surface area contributed by atoms with Crippen molar-refractivity contribution in [1.29, 1.82) is 0 Å². The van der Waals surface area contributed by atoms with Crippen molar-refractivity contribution in [3.63, 3.8) is 0 Å². The van der Waals surface area contributed by atoms with E-state index in [2.05, 4.69) is 9.71 Å². The molecule has 6 nitrogen and oxygen atoms in total. The number of carbonyl (C=O) groups is 1. The van der Waals surface area contributed by atoms with Crippen LogP contribution in [-0.2, 0) is 10.0 Å². The molecule has 1 aromatic heterocycles. The fourth-order valence-electron chi connectivity index (χ4n) is 2.00. The largest absolute Gasteiger partial charge is 0.478 e. The number of hydrogen-bond acceptors (Lipinski definition) is 4. The predicted octanol–water partition coefficient (Wildman–Crippen LogP) is 1.64. The monoisotopic (exact) mass is 298 g/mol. The quantitative estimate of drug-likeness (QED) is 0.797. The predicted molar refractivity (Wildman–Crippen MR) is 72.9 cm³/mol. The van der Waals surface area contributed by atoms with E-state index in [9.17, 15) is 13.2 Å². The van der Waals surface area contributed by atoms with E-state index in [1.54, 1.807) is 0 Å². The highest BCUT2D eigenvalue weighted by molar-refractivity contribution is 7.89. The van der Waals surface area contributed by atoms with Crippen LogP contribution in [0.3, 0.4) is 0 Å². The third kappa shape index (κ3) is 3.77. The van der Waals surface area contributed by atoms with Gasteiger partial charge in [-0.3, -0.25) is 0 Å². The molecular formula is C13H18N2O4S. The molecule has 0 bridgehead atoms. The van der Waals surface area contributed by atoms with Gasteiger partial charge in [-0.15, -0.1) is 0 Å². The highest BCUT2D eigenvalue weighted by atomic mass is 32.2. The number of nitrogens with one attached hydrogen (secondary N) is 1. The van der Waals surface area contributed by atoms with Crippen LogP contribution in [0, 0.1) is 5.92 Å². The number of rotatable bonds is 7. The van der Waals surface area contributed by atoms with E-state index in [4.69, 9.17) is 5.11 Å². The zero-order chi connectivity index (χ0) is 14.8. The number of hydrogen-bond donors (Lipinski definition) is 2. The highest BCUT2D eigenvalue weighted by Crippen LogP contribution is 2.34. The number of nitrogens with zero attached hydrogens (tertiary/aromatic N) is 1. The van der Waals surface area contributed by atoms with Gasteiger partial charge >= 0.3 is 5.97 Å². The summed E-state index contributed by atoms with van der Waals surface area (Å²) in [5.74, 6) is -0.500. The van der Waals surface area contributed by atoms with Crippen LogP contribution in [0.2, 0.25) is 0 Å². The molecular weight excluding hydrogens is 280 g/mol. The molecule has 0 radical (unpaired) electrons. The van der Waals surface area contributed by atoms with Crippen LogP contribution >= 0.6 is 0 Å². The summed E-state index contributed by atoms with van der Waals surface area (Å²) in [6.45, 7) is 1.94. The standard InChI is InChI=1S/C13H18N2O4S/c1-2-11(7-9-3-4-9)15-20(18,19)12-6-5-10(8-14-12)13(16)17/h5-6,8-9,11,15H,2-4,7H2,1H3,(H,16,17). The number of carboxylic acids is 1. The lowest BCUT2D eigenvalue weighted by atomic mass is 10.1. The number of carboxylic acid groups (broad SMARTS) is 1. The van der Waals surface area contributed by atoms with Crippen molar-refractivity contribution in [1.82, 2.24) is 9.71 Å². The average molecular weight is 298 g/mol. The first kappa shape index (κ1) is 14.9. The van der Waals surface area contributed by atoms with Gasteiger partial charge in [0.25, 0.3) is 10.0 Å². The van der Waals surface area contributed by atoms with Gasteiger partial charge in [0, 0.05) is 12.2 Å². The van der Waals surface area contributed by atoms with E-state index in [-0.39, 0.29) is 16.6 Å². The minimum atomic E-state index is -3.69. The fourth-order valence-corrected chi connectivity index (χ4v) is 3.26. The molecule has 1 aromatic rings. The van der Waals surface area contributed by atoms with Gasteiger partial charge < -0.3 is 5.11 Å². The third-order valence-corrected chi connectivity index (χ3v) is 4.82. The summed E-state index contributed by atoms with van der Waals surface area (Å²) >= 11 is 0. The van der Waals surface area contributed by atoms with Gasteiger partial charge in [-0.1, -0.05) is 19.8 Å². The zero-order valence-corrected chi connectivity index (χ0v) is 12.1. The topological polar surface area (TPSA) is 96.4 Å². The Balaban J connectivity index is 2.09. The maximum atomic E-state index is 12.2. The van der Waals surface area contributed by atoms with Gasteiger partial charge in [0.05, 0.1) is 5.56 Å². The lowest BCUT2D eigenvalue weighted by Gasteiger charge is -2.16. The molecule has 2 N–H and O–H groups in total. The molecule has 7 heteroatoms. The van der Waals surface area contributed by atoms with Crippen molar-refractivity contribution >= 4 is 16.0 Å². The van der Waals surface area contributed by atoms with Crippen molar-refractivity contribution in [3.8, 4) is 0 Å². The lowest BCUT2D eigenvalue weighted by Crippen LogP contribution is -2.35. The second kappa shape index (κ2) is 5.88. The van der Waals surface area contributed by atoms with E-state index < -0.39 is 16.0 Å². The lowest BCUT2D eigenvalue weighted by molar-refractivity contribution is 0.0696. The minimum Gasteiger partial charge on any atom is -0.478 e. The molecule has 2 rings (SSSR count). The molecule has 0 aromatic carbocycles.